The normalized spacial score (nSPS) is 26.4. The number of aliphatic hydroxyl groups excluding tert-OH is 1. The van der Waals surface area contributed by atoms with Crippen molar-refractivity contribution in [3.8, 4) is 0 Å². The van der Waals surface area contributed by atoms with E-state index in [1.807, 2.05) is 34.9 Å². The first-order chi connectivity index (χ1) is 10.6. The van der Waals surface area contributed by atoms with Crippen LogP contribution in [0.4, 0.5) is 5.69 Å². The number of carbonyl (C=O) groups is 1. The van der Waals surface area contributed by atoms with Gasteiger partial charge in [-0.05, 0) is 37.9 Å². The zero-order valence-corrected chi connectivity index (χ0v) is 13.9. The lowest BCUT2D eigenvalue weighted by atomic mass is 10.1. The molecule has 0 unspecified atom stereocenters. The van der Waals surface area contributed by atoms with E-state index in [9.17, 15) is 9.90 Å². The van der Waals surface area contributed by atoms with Crippen LogP contribution in [0.25, 0.3) is 0 Å². The van der Waals surface area contributed by atoms with Gasteiger partial charge in [-0.25, -0.2) is 0 Å². The number of rotatable bonds is 2. The third kappa shape index (κ3) is 3.65. The Morgan fingerprint density at radius 1 is 1.32 bits per heavy atom. The summed E-state index contributed by atoms with van der Waals surface area (Å²) < 4.78 is 0. The fourth-order valence-corrected chi connectivity index (χ4v) is 4.31. The molecule has 0 aliphatic carbocycles. The number of benzene rings is 1. The Bertz CT molecular complexity index is 537. The van der Waals surface area contributed by atoms with Crippen LogP contribution in [0.5, 0.6) is 0 Å². The van der Waals surface area contributed by atoms with Crippen molar-refractivity contribution in [2.24, 2.45) is 0 Å². The van der Waals surface area contributed by atoms with Crippen LogP contribution in [-0.4, -0.2) is 53.4 Å². The van der Waals surface area contributed by atoms with Crippen molar-refractivity contribution in [3.63, 3.8) is 0 Å². The number of fused-ring (bicyclic) bond motifs is 1. The first-order valence-corrected chi connectivity index (χ1v) is 8.98. The van der Waals surface area contributed by atoms with E-state index in [0.717, 1.165) is 38.0 Å². The highest BCUT2D eigenvalue weighted by Gasteiger charge is 2.26. The molecule has 22 heavy (non-hydrogen) atoms. The van der Waals surface area contributed by atoms with Crippen LogP contribution in [0.3, 0.4) is 0 Å². The molecule has 1 fully saturated rings. The molecule has 3 rings (SSSR count). The number of para-hydroxylation sites is 1. The lowest BCUT2D eigenvalue weighted by Crippen LogP contribution is -2.46. The topological polar surface area (TPSA) is 43.8 Å². The van der Waals surface area contributed by atoms with Gasteiger partial charge in [-0.3, -0.25) is 9.69 Å². The van der Waals surface area contributed by atoms with Gasteiger partial charge in [-0.15, -0.1) is 11.8 Å². The minimum Gasteiger partial charge on any atom is -0.392 e. The Kier molecular flexibility index (Phi) is 5.06. The lowest BCUT2D eigenvalue weighted by Gasteiger charge is -2.31. The van der Waals surface area contributed by atoms with Crippen LogP contribution in [0.15, 0.2) is 29.2 Å². The molecule has 2 aliphatic heterocycles. The van der Waals surface area contributed by atoms with Gasteiger partial charge in [0.15, 0.2) is 0 Å². The monoisotopic (exact) mass is 320 g/mol. The van der Waals surface area contributed by atoms with E-state index in [-0.39, 0.29) is 12.0 Å². The highest BCUT2D eigenvalue weighted by Crippen LogP contribution is 2.37. The number of carbonyl (C=O) groups excluding carboxylic acids is 1. The predicted molar refractivity (Wildman–Crippen MR) is 90.4 cm³/mol. The zero-order valence-electron chi connectivity index (χ0n) is 13.1. The molecule has 0 bridgehead atoms. The van der Waals surface area contributed by atoms with E-state index in [2.05, 4.69) is 17.9 Å². The van der Waals surface area contributed by atoms with E-state index in [0.29, 0.717) is 18.3 Å². The molecule has 1 aromatic carbocycles. The van der Waals surface area contributed by atoms with Crippen LogP contribution in [0.1, 0.15) is 26.2 Å². The molecule has 1 saturated heterocycles. The first-order valence-electron chi connectivity index (χ1n) is 8.10. The van der Waals surface area contributed by atoms with Gasteiger partial charge < -0.3 is 10.0 Å². The molecule has 0 spiro atoms. The average Bonchev–Trinajstić information content (AvgIpc) is 2.65. The summed E-state index contributed by atoms with van der Waals surface area (Å²) in [7, 11) is 0. The summed E-state index contributed by atoms with van der Waals surface area (Å²) in [5, 5.41) is 10.3. The molecule has 2 aliphatic rings. The SMILES string of the molecule is C[C@H]1CCN(C(=O)CN2CCC[C@@H](O)C2)c2ccccc2S1. The van der Waals surface area contributed by atoms with E-state index in [1.165, 1.54) is 4.90 Å². The van der Waals surface area contributed by atoms with Gasteiger partial charge in [-0.2, -0.15) is 0 Å². The van der Waals surface area contributed by atoms with Gasteiger partial charge in [0.2, 0.25) is 5.91 Å². The van der Waals surface area contributed by atoms with Gasteiger partial charge >= 0.3 is 0 Å². The molecule has 120 valence electrons. The van der Waals surface area contributed by atoms with Crippen LogP contribution < -0.4 is 4.90 Å². The summed E-state index contributed by atoms with van der Waals surface area (Å²) in [6, 6.07) is 8.18. The number of hydrogen-bond donors (Lipinski definition) is 1. The second-order valence-corrected chi connectivity index (χ2v) is 7.74. The molecule has 1 aromatic rings. The first kappa shape index (κ1) is 15.8. The van der Waals surface area contributed by atoms with Crippen LogP contribution in [0, 0.1) is 0 Å². The van der Waals surface area contributed by atoms with E-state index in [1.54, 1.807) is 0 Å². The Morgan fingerprint density at radius 2 is 2.14 bits per heavy atom. The van der Waals surface area contributed by atoms with Gasteiger partial charge in [0.05, 0.1) is 18.3 Å². The molecule has 1 N–H and O–H groups in total. The predicted octanol–water partition coefficient (Wildman–Crippen LogP) is 2.36. The van der Waals surface area contributed by atoms with Gasteiger partial charge in [0.1, 0.15) is 0 Å². The molecule has 5 heteroatoms. The van der Waals surface area contributed by atoms with Crippen LogP contribution in [-0.2, 0) is 4.79 Å². The Labute approximate surface area is 136 Å². The van der Waals surface area contributed by atoms with E-state index < -0.39 is 0 Å². The van der Waals surface area contributed by atoms with Crippen molar-refractivity contribution < 1.29 is 9.90 Å². The summed E-state index contributed by atoms with van der Waals surface area (Å²) in [5.41, 5.74) is 1.04. The molecule has 0 radical (unpaired) electrons. The largest absolute Gasteiger partial charge is 0.392 e. The summed E-state index contributed by atoms with van der Waals surface area (Å²) in [5.74, 6) is 0.149. The number of hydrogen-bond acceptors (Lipinski definition) is 4. The Balaban J connectivity index is 1.74. The quantitative estimate of drug-likeness (QED) is 0.908. The highest BCUT2D eigenvalue weighted by molar-refractivity contribution is 8.00. The third-order valence-corrected chi connectivity index (χ3v) is 5.62. The Hall–Kier alpha value is -1.04. The number of aliphatic hydroxyl groups is 1. The van der Waals surface area contributed by atoms with Crippen molar-refractivity contribution in [1.29, 1.82) is 0 Å². The molecule has 1 amide bonds. The van der Waals surface area contributed by atoms with Gasteiger partial charge in [-0.1, -0.05) is 19.1 Å². The molecule has 2 heterocycles. The second kappa shape index (κ2) is 7.02. The molecule has 2 atom stereocenters. The number of piperidine rings is 1. The smallest absolute Gasteiger partial charge is 0.241 e. The number of nitrogens with zero attached hydrogens (tertiary/aromatic N) is 2. The van der Waals surface area contributed by atoms with Crippen molar-refractivity contribution in [1.82, 2.24) is 4.90 Å². The van der Waals surface area contributed by atoms with Crippen LogP contribution >= 0.6 is 11.8 Å². The maximum Gasteiger partial charge on any atom is 0.241 e. The molecular weight excluding hydrogens is 296 g/mol. The maximum atomic E-state index is 12.8. The molecule has 4 nitrogen and oxygen atoms in total. The molecule has 0 saturated carbocycles. The second-order valence-electron chi connectivity index (χ2n) is 6.26. The number of thioether (sulfide) groups is 1. The number of anilines is 1. The van der Waals surface area contributed by atoms with E-state index in [4.69, 9.17) is 0 Å². The summed E-state index contributed by atoms with van der Waals surface area (Å²) >= 11 is 1.85. The lowest BCUT2D eigenvalue weighted by molar-refractivity contribution is -0.120. The minimum atomic E-state index is -0.284. The number of likely N-dealkylation sites (tertiary alicyclic amines) is 1. The van der Waals surface area contributed by atoms with Crippen molar-refractivity contribution in [2.45, 2.75) is 42.4 Å². The average molecular weight is 320 g/mol. The van der Waals surface area contributed by atoms with Crippen molar-refractivity contribution in [3.05, 3.63) is 24.3 Å². The summed E-state index contributed by atoms with van der Waals surface area (Å²) in [6.07, 6.45) is 2.55. The standard InChI is InChI=1S/C17H24N2O2S/c1-13-8-10-19(15-6-2-3-7-16(15)22-13)17(21)12-18-9-4-5-14(20)11-18/h2-3,6-7,13-14,20H,4-5,8-12H2,1H3/t13-,14+/m0/s1. The maximum absolute atomic E-state index is 12.8. The fourth-order valence-electron chi connectivity index (χ4n) is 3.20. The van der Waals surface area contributed by atoms with Crippen molar-refractivity contribution in [2.75, 3.05) is 31.1 Å². The highest BCUT2D eigenvalue weighted by atomic mass is 32.2. The number of β-amino-alcohol motifs (C(OH)–C–C–N with tert-alkyl or cyclic N) is 1. The van der Waals surface area contributed by atoms with E-state index >= 15 is 0 Å². The summed E-state index contributed by atoms with van der Waals surface area (Å²) in [4.78, 5) is 18.0. The van der Waals surface area contributed by atoms with Gasteiger partial charge in [0.25, 0.3) is 0 Å². The van der Waals surface area contributed by atoms with Crippen molar-refractivity contribution >= 4 is 23.4 Å². The van der Waals surface area contributed by atoms with Crippen LogP contribution in [0.2, 0.25) is 0 Å². The van der Waals surface area contributed by atoms with Gasteiger partial charge in [0, 0.05) is 23.2 Å². The Morgan fingerprint density at radius 3 is 2.95 bits per heavy atom. The third-order valence-electron chi connectivity index (χ3n) is 4.38. The molecule has 0 aromatic heterocycles. The summed E-state index contributed by atoms with van der Waals surface area (Å²) in [6.45, 7) is 4.93. The number of amides is 1. The minimum absolute atomic E-state index is 0.149. The molecular formula is C17H24N2O2S. The zero-order chi connectivity index (χ0) is 15.5. The fraction of sp³-hybridized carbons (Fsp3) is 0.588.